The molecule has 2 nitrogen and oxygen atoms in total. The molecule has 2 rings (SSSR count). The number of hydrogen-bond donors (Lipinski definition) is 1. The van der Waals surface area contributed by atoms with Crippen LogP contribution < -0.4 is 4.74 Å². The van der Waals surface area contributed by atoms with Crippen molar-refractivity contribution >= 4 is 15.9 Å². The van der Waals surface area contributed by atoms with E-state index in [2.05, 4.69) is 15.9 Å². The van der Waals surface area contributed by atoms with Crippen LogP contribution in [0, 0.1) is 0 Å². The topological polar surface area (TPSA) is 29.5 Å². The number of hydrogen-bond acceptors (Lipinski definition) is 2. The fourth-order valence-electron chi connectivity index (χ4n) is 1.86. The Hall–Kier alpha value is -1.32. The lowest BCUT2D eigenvalue weighted by atomic mass is 10.0. The Labute approximate surface area is 115 Å². The zero-order chi connectivity index (χ0) is 13.0. The molecule has 0 amide bonds. The molecule has 0 aliphatic carbocycles. The van der Waals surface area contributed by atoms with Crippen LogP contribution in [0.1, 0.15) is 24.2 Å². The quantitative estimate of drug-likeness (QED) is 0.927. The minimum atomic E-state index is -0.691. The smallest absolute Gasteiger partial charge is 0.125 e. The molecule has 0 fully saturated rings. The van der Waals surface area contributed by atoms with E-state index in [1.807, 2.05) is 55.5 Å². The van der Waals surface area contributed by atoms with Crippen LogP contribution in [0.4, 0.5) is 0 Å². The highest BCUT2D eigenvalue weighted by Crippen LogP contribution is 2.33. The zero-order valence-corrected chi connectivity index (χ0v) is 11.7. The van der Waals surface area contributed by atoms with Gasteiger partial charge in [-0.3, -0.25) is 0 Å². The predicted molar refractivity (Wildman–Crippen MR) is 75.8 cm³/mol. The van der Waals surface area contributed by atoms with Crippen molar-refractivity contribution in [2.45, 2.75) is 13.0 Å². The Morgan fingerprint density at radius 3 is 2.33 bits per heavy atom. The summed E-state index contributed by atoms with van der Waals surface area (Å²) in [7, 11) is 0. The number of halogens is 1. The van der Waals surface area contributed by atoms with Gasteiger partial charge < -0.3 is 9.84 Å². The molecular weight excluding hydrogens is 292 g/mol. The monoisotopic (exact) mass is 306 g/mol. The Kier molecular flexibility index (Phi) is 4.39. The number of benzene rings is 2. The summed E-state index contributed by atoms with van der Waals surface area (Å²) in [5.41, 5.74) is 1.62. The summed E-state index contributed by atoms with van der Waals surface area (Å²) in [6.45, 7) is 2.52. The second-order valence-corrected chi connectivity index (χ2v) is 4.75. The van der Waals surface area contributed by atoms with E-state index < -0.39 is 6.10 Å². The van der Waals surface area contributed by atoms with E-state index >= 15 is 0 Å². The highest BCUT2D eigenvalue weighted by Gasteiger charge is 2.17. The van der Waals surface area contributed by atoms with Gasteiger partial charge in [0.25, 0.3) is 0 Å². The van der Waals surface area contributed by atoms with Crippen molar-refractivity contribution in [1.29, 1.82) is 0 Å². The van der Waals surface area contributed by atoms with E-state index in [0.717, 1.165) is 21.3 Å². The Morgan fingerprint density at radius 2 is 1.67 bits per heavy atom. The number of aliphatic hydroxyl groups is 1. The summed E-state index contributed by atoms with van der Waals surface area (Å²) >= 11 is 3.46. The first-order chi connectivity index (χ1) is 8.74. The SMILES string of the molecule is CCOc1ccccc1C(O)c1ccccc1Br. The van der Waals surface area contributed by atoms with E-state index in [4.69, 9.17) is 4.74 Å². The average Bonchev–Trinajstić information content (AvgIpc) is 2.40. The number of para-hydroxylation sites is 1. The van der Waals surface area contributed by atoms with Crippen molar-refractivity contribution in [3.05, 3.63) is 64.1 Å². The molecule has 0 radical (unpaired) electrons. The van der Waals surface area contributed by atoms with Crippen molar-refractivity contribution in [2.24, 2.45) is 0 Å². The minimum Gasteiger partial charge on any atom is -0.493 e. The Morgan fingerprint density at radius 1 is 1.06 bits per heavy atom. The van der Waals surface area contributed by atoms with Gasteiger partial charge in [0.05, 0.1) is 6.61 Å². The maximum Gasteiger partial charge on any atom is 0.125 e. The van der Waals surface area contributed by atoms with Crippen LogP contribution in [0.25, 0.3) is 0 Å². The van der Waals surface area contributed by atoms with E-state index in [-0.39, 0.29) is 0 Å². The zero-order valence-electron chi connectivity index (χ0n) is 10.1. The summed E-state index contributed by atoms with van der Waals surface area (Å²) in [6, 6.07) is 15.2. The number of rotatable bonds is 4. The van der Waals surface area contributed by atoms with Gasteiger partial charge in [-0.1, -0.05) is 52.3 Å². The molecule has 18 heavy (non-hydrogen) atoms. The molecule has 0 aliphatic rings. The molecule has 94 valence electrons. The number of aliphatic hydroxyl groups excluding tert-OH is 1. The molecular formula is C15H15BrO2. The van der Waals surface area contributed by atoms with Gasteiger partial charge >= 0.3 is 0 Å². The highest BCUT2D eigenvalue weighted by molar-refractivity contribution is 9.10. The lowest BCUT2D eigenvalue weighted by molar-refractivity contribution is 0.211. The third kappa shape index (κ3) is 2.74. The summed E-state index contributed by atoms with van der Waals surface area (Å²) in [5, 5.41) is 10.5. The lowest BCUT2D eigenvalue weighted by Crippen LogP contribution is -2.04. The first-order valence-corrected chi connectivity index (χ1v) is 6.67. The molecule has 1 unspecified atom stereocenters. The molecule has 0 bridgehead atoms. The molecule has 0 spiro atoms. The van der Waals surface area contributed by atoms with Crippen molar-refractivity contribution in [1.82, 2.24) is 0 Å². The van der Waals surface area contributed by atoms with Crippen molar-refractivity contribution < 1.29 is 9.84 Å². The molecule has 2 aromatic carbocycles. The van der Waals surface area contributed by atoms with Gasteiger partial charge in [0.1, 0.15) is 11.9 Å². The van der Waals surface area contributed by atoms with E-state index in [1.54, 1.807) is 0 Å². The van der Waals surface area contributed by atoms with Gasteiger partial charge in [0.2, 0.25) is 0 Å². The highest BCUT2D eigenvalue weighted by atomic mass is 79.9. The van der Waals surface area contributed by atoms with E-state index in [0.29, 0.717) is 6.61 Å². The predicted octanol–water partition coefficient (Wildman–Crippen LogP) is 3.93. The van der Waals surface area contributed by atoms with Crippen molar-refractivity contribution in [3.8, 4) is 5.75 Å². The van der Waals surface area contributed by atoms with Gasteiger partial charge in [-0.25, -0.2) is 0 Å². The van der Waals surface area contributed by atoms with E-state index in [9.17, 15) is 5.11 Å². The molecule has 1 N–H and O–H groups in total. The van der Waals surface area contributed by atoms with Gasteiger partial charge in [-0.15, -0.1) is 0 Å². The normalized spacial score (nSPS) is 12.2. The Balaban J connectivity index is 2.40. The molecule has 0 aromatic heterocycles. The lowest BCUT2D eigenvalue weighted by Gasteiger charge is -2.17. The maximum atomic E-state index is 10.5. The minimum absolute atomic E-state index is 0.583. The second kappa shape index (κ2) is 6.03. The number of ether oxygens (including phenoxy) is 1. The summed E-state index contributed by atoms with van der Waals surface area (Å²) in [4.78, 5) is 0. The third-order valence-corrected chi connectivity index (χ3v) is 3.44. The molecule has 2 aromatic rings. The third-order valence-electron chi connectivity index (χ3n) is 2.71. The van der Waals surface area contributed by atoms with Gasteiger partial charge in [0, 0.05) is 10.0 Å². The fraction of sp³-hybridized carbons (Fsp3) is 0.200. The van der Waals surface area contributed by atoms with Crippen molar-refractivity contribution in [2.75, 3.05) is 6.61 Å². The molecule has 0 aliphatic heterocycles. The standard InChI is InChI=1S/C15H15BrO2/c1-2-18-14-10-6-4-8-12(14)15(17)11-7-3-5-9-13(11)16/h3-10,15,17H,2H2,1H3. The summed E-state index contributed by atoms with van der Waals surface area (Å²) in [5.74, 6) is 0.725. The van der Waals surface area contributed by atoms with Gasteiger partial charge in [0.15, 0.2) is 0 Å². The maximum absolute atomic E-state index is 10.5. The largest absolute Gasteiger partial charge is 0.493 e. The van der Waals surface area contributed by atoms with E-state index in [1.165, 1.54) is 0 Å². The molecule has 0 saturated heterocycles. The molecule has 0 heterocycles. The van der Waals surface area contributed by atoms with Crippen molar-refractivity contribution in [3.63, 3.8) is 0 Å². The summed E-state index contributed by atoms with van der Waals surface area (Å²) in [6.07, 6.45) is -0.691. The van der Waals surface area contributed by atoms with Crippen LogP contribution >= 0.6 is 15.9 Å². The first-order valence-electron chi connectivity index (χ1n) is 5.88. The first kappa shape index (κ1) is 13.1. The second-order valence-electron chi connectivity index (χ2n) is 3.89. The van der Waals surface area contributed by atoms with Crippen LogP contribution in [0.15, 0.2) is 53.0 Å². The Bertz CT molecular complexity index is 525. The van der Waals surface area contributed by atoms with Crippen LogP contribution in [0.3, 0.4) is 0 Å². The molecule has 1 atom stereocenters. The molecule has 3 heteroatoms. The fourth-order valence-corrected chi connectivity index (χ4v) is 2.36. The molecule has 0 saturated carbocycles. The van der Waals surface area contributed by atoms with Crippen LogP contribution in [-0.4, -0.2) is 11.7 Å². The van der Waals surface area contributed by atoms with Crippen LogP contribution in [-0.2, 0) is 0 Å². The summed E-state index contributed by atoms with van der Waals surface area (Å²) < 4.78 is 6.44. The average molecular weight is 307 g/mol. The van der Waals surface area contributed by atoms with Crippen LogP contribution in [0.5, 0.6) is 5.75 Å². The van der Waals surface area contributed by atoms with Crippen LogP contribution in [0.2, 0.25) is 0 Å². The van der Waals surface area contributed by atoms with Gasteiger partial charge in [-0.2, -0.15) is 0 Å². The van der Waals surface area contributed by atoms with Gasteiger partial charge in [-0.05, 0) is 24.6 Å².